The van der Waals surface area contributed by atoms with Crippen LogP contribution in [-0.4, -0.2) is 77.3 Å². The molecule has 0 bridgehead atoms. The van der Waals surface area contributed by atoms with Crippen molar-refractivity contribution in [1.82, 2.24) is 30.4 Å². The third-order valence-electron chi connectivity index (χ3n) is 7.22. The molecule has 0 saturated heterocycles. The molecule has 3 atom stereocenters. The van der Waals surface area contributed by atoms with E-state index in [0.29, 0.717) is 35.0 Å². The van der Waals surface area contributed by atoms with Crippen molar-refractivity contribution in [2.24, 2.45) is 5.92 Å². The highest BCUT2D eigenvalue weighted by Gasteiger charge is 2.37. The van der Waals surface area contributed by atoms with Crippen molar-refractivity contribution in [3.8, 4) is 0 Å². The van der Waals surface area contributed by atoms with Crippen LogP contribution in [0.4, 0.5) is 0 Å². The molecule has 0 radical (unpaired) electrons. The van der Waals surface area contributed by atoms with E-state index in [9.17, 15) is 14.4 Å². The van der Waals surface area contributed by atoms with E-state index in [1.54, 1.807) is 37.2 Å². The summed E-state index contributed by atoms with van der Waals surface area (Å²) in [7, 11) is 5.53. The van der Waals surface area contributed by atoms with Gasteiger partial charge >= 0.3 is 0 Å². The molecule has 0 spiro atoms. The van der Waals surface area contributed by atoms with Gasteiger partial charge in [-0.1, -0.05) is 11.6 Å². The van der Waals surface area contributed by atoms with Crippen molar-refractivity contribution in [1.29, 1.82) is 0 Å². The first-order valence-electron chi connectivity index (χ1n) is 12.5. The first-order chi connectivity index (χ1) is 17.7. The van der Waals surface area contributed by atoms with Crippen LogP contribution in [0.3, 0.4) is 0 Å². The monoisotopic (exact) mass is 578 g/mol. The van der Waals surface area contributed by atoms with Crippen molar-refractivity contribution in [2.75, 3.05) is 27.7 Å². The van der Waals surface area contributed by atoms with Gasteiger partial charge in [0.25, 0.3) is 11.8 Å². The van der Waals surface area contributed by atoms with Gasteiger partial charge < -0.3 is 25.4 Å². The third kappa shape index (κ3) is 5.98. The van der Waals surface area contributed by atoms with Gasteiger partial charge in [-0.2, -0.15) is 0 Å². The fraction of sp³-hybridized carbons (Fsp3) is 0.462. The minimum Gasteiger partial charge on any atom is -0.351 e. The topological polar surface area (TPSA) is 110 Å². The minimum absolute atomic E-state index is 0. The molecule has 1 fully saturated rings. The predicted molar refractivity (Wildman–Crippen MR) is 151 cm³/mol. The van der Waals surface area contributed by atoms with Crippen LogP contribution in [0.2, 0.25) is 5.02 Å². The molecule has 9 nitrogen and oxygen atoms in total. The van der Waals surface area contributed by atoms with Gasteiger partial charge in [0.05, 0.1) is 11.7 Å². The summed E-state index contributed by atoms with van der Waals surface area (Å²) in [6, 6.07) is 6.42. The lowest BCUT2D eigenvalue weighted by atomic mass is 9.81. The van der Waals surface area contributed by atoms with E-state index in [1.165, 1.54) is 11.3 Å². The Balaban J connectivity index is 0.00000336. The van der Waals surface area contributed by atoms with E-state index >= 15 is 0 Å². The zero-order chi connectivity index (χ0) is 26.3. The second kappa shape index (κ2) is 11.6. The van der Waals surface area contributed by atoms with Crippen LogP contribution < -0.4 is 10.6 Å². The van der Waals surface area contributed by atoms with Gasteiger partial charge in [-0.3, -0.25) is 14.4 Å². The number of halogens is 2. The highest BCUT2D eigenvalue weighted by Crippen LogP contribution is 2.29. The molecule has 12 heteroatoms. The van der Waals surface area contributed by atoms with Crippen LogP contribution in [0, 0.1) is 5.92 Å². The number of nitrogens with zero attached hydrogens (tertiary/aromatic N) is 3. The normalized spacial score (nSPS) is 21.3. The average molecular weight is 580 g/mol. The number of carbonyl (C=O) groups excluding carboxylic acids is 3. The van der Waals surface area contributed by atoms with E-state index in [2.05, 4.69) is 32.5 Å². The maximum absolute atomic E-state index is 13.2. The van der Waals surface area contributed by atoms with Crippen LogP contribution in [-0.2, 0) is 17.8 Å². The molecule has 1 aliphatic carbocycles. The Morgan fingerprint density at radius 3 is 2.66 bits per heavy atom. The molecule has 38 heavy (non-hydrogen) atoms. The molecule has 3 heterocycles. The summed E-state index contributed by atoms with van der Waals surface area (Å²) in [5.74, 6) is -0.718. The van der Waals surface area contributed by atoms with E-state index in [0.717, 1.165) is 41.0 Å². The first kappa shape index (κ1) is 28.4. The van der Waals surface area contributed by atoms with Crippen molar-refractivity contribution < 1.29 is 14.4 Å². The number of benzene rings is 1. The summed E-state index contributed by atoms with van der Waals surface area (Å²) in [6.07, 6.45) is 2.50. The number of nitrogens with one attached hydrogen (secondary N) is 3. The maximum atomic E-state index is 13.2. The molecule has 1 aromatic carbocycles. The third-order valence-corrected chi connectivity index (χ3v) is 8.53. The molecule has 1 aliphatic heterocycles. The van der Waals surface area contributed by atoms with E-state index in [4.69, 9.17) is 11.6 Å². The number of hydrogen-bond acceptors (Lipinski definition) is 6. The summed E-state index contributed by atoms with van der Waals surface area (Å²) in [5, 5.41) is 8.08. The van der Waals surface area contributed by atoms with Crippen molar-refractivity contribution in [3.63, 3.8) is 0 Å². The molecule has 1 saturated carbocycles. The zero-order valence-corrected chi connectivity index (χ0v) is 23.9. The van der Waals surface area contributed by atoms with Gasteiger partial charge in [0.2, 0.25) is 5.91 Å². The number of amides is 3. The highest BCUT2D eigenvalue weighted by molar-refractivity contribution is 7.13. The summed E-state index contributed by atoms with van der Waals surface area (Å²) in [5.41, 5.74) is 2.21. The Labute approximate surface area is 236 Å². The number of likely N-dealkylation sites (N-methyl/N-ethyl adjacent to an activating group) is 1. The number of aromatic amines is 1. The van der Waals surface area contributed by atoms with Gasteiger partial charge in [-0.25, -0.2) is 4.98 Å². The van der Waals surface area contributed by atoms with Crippen LogP contribution in [0.25, 0.3) is 10.9 Å². The fourth-order valence-corrected chi connectivity index (χ4v) is 6.49. The van der Waals surface area contributed by atoms with E-state index in [-0.39, 0.29) is 42.1 Å². The molecule has 5 rings (SSSR count). The number of rotatable bonds is 5. The van der Waals surface area contributed by atoms with Crippen LogP contribution in [0.15, 0.2) is 24.3 Å². The average Bonchev–Trinajstić information content (AvgIpc) is 3.48. The van der Waals surface area contributed by atoms with Crippen molar-refractivity contribution >= 4 is 64.0 Å². The lowest BCUT2D eigenvalue weighted by Crippen LogP contribution is -2.56. The summed E-state index contributed by atoms with van der Waals surface area (Å²) in [4.78, 5) is 51.8. The molecule has 2 unspecified atom stereocenters. The Hall–Kier alpha value is -2.66. The van der Waals surface area contributed by atoms with Crippen LogP contribution in [0.5, 0.6) is 0 Å². The lowest BCUT2D eigenvalue weighted by molar-refractivity contribution is -0.134. The van der Waals surface area contributed by atoms with E-state index in [1.807, 2.05) is 6.07 Å². The molecule has 3 N–H and O–H groups in total. The molecule has 2 aliphatic rings. The van der Waals surface area contributed by atoms with Gasteiger partial charge in [-0.15, -0.1) is 23.7 Å². The fourth-order valence-electron chi connectivity index (χ4n) is 5.21. The SMILES string of the molecule is CN1CCc2nc(C(=O)NC3CC[C@H](C(=O)N(C)C)CC3NC(=O)c3cc4cc(Cl)ccc4[nH]3)sc2C1.Cl. The molecule has 204 valence electrons. The standard InChI is InChI=1S/C26H31ClN6O3S.ClH/c1-32(2)26(36)14-4-6-18(29-24(35)25-31-19-8-9-33(3)13-22(19)37-25)20(11-14)30-23(34)21-12-15-10-16(27)5-7-17(15)28-21;/h5,7,10,12,14,18,20,28H,4,6,8-9,11,13H2,1-3H3,(H,29,35)(H,30,34);1H/t14-,18?,20?;/m0./s1. The quantitative estimate of drug-likeness (QED) is 0.429. The largest absolute Gasteiger partial charge is 0.351 e. The van der Waals surface area contributed by atoms with Gasteiger partial charge in [0, 0.05) is 66.4 Å². The number of fused-ring (bicyclic) bond motifs is 2. The molecular formula is C26H32Cl2N6O3S. The number of aromatic nitrogens is 2. The highest BCUT2D eigenvalue weighted by atomic mass is 35.5. The first-order valence-corrected chi connectivity index (χ1v) is 13.7. The van der Waals surface area contributed by atoms with Crippen LogP contribution >= 0.6 is 35.3 Å². The van der Waals surface area contributed by atoms with Crippen molar-refractivity contribution in [2.45, 2.75) is 44.3 Å². The van der Waals surface area contributed by atoms with Crippen LogP contribution in [0.1, 0.15) is 50.1 Å². The molecule has 3 amide bonds. The Morgan fingerprint density at radius 2 is 1.89 bits per heavy atom. The zero-order valence-electron chi connectivity index (χ0n) is 21.5. The molecular weight excluding hydrogens is 547 g/mol. The van der Waals surface area contributed by atoms with Gasteiger partial charge in [0.1, 0.15) is 5.69 Å². The maximum Gasteiger partial charge on any atom is 0.280 e. The number of carbonyl (C=O) groups is 3. The molecule has 3 aromatic rings. The van der Waals surface area contributed by atoms with E-state index < -0.39 is 6.04 Å². The Bertz CT molecular complexity index is 1360. The summed E-state index contributed by atoms with van der Waals surface area (Å²) in [6.45, 7) is 1.72. The summed E-state index contributed by atoms with van der Waals surface area (Å²) < 4.78 is 0. The number of H-pyrrole nitrogens is 1. The van der Waals surface area contributed by atoms with Gasteiger partial charge in [0.15, 0.2) is 5.01 Å². The molecule has 2 aromatic heterocycles. The Kier molecular flexibility index (Phi) is 8.66. The smallest absolute Gasteiger partial charge is 0.280 e. The van der Waals surface area contributed by atoms with Crippen molar-refractivity contribution in [3.05, 3.63) is 50.6 Å². The number of thiazole rings is 1. The predicted octanol–water partition coefficient (Wildman–Crippen LogP) is 3.47. The van der Waals surface area contributed by atoms with Gasteiger partial charge in [-0.05, 0) is 50.6 Å². The lowest BCUT2D eigenvalue weighted by Gasteiger charge is -2.37. The summed E-state index contributed by atoms with van der Waals surface area (Å²) >= 11 is 7.53. The minimum atomic E-state index is -0.408. The Morgan fingerprint density at radius 1 is 1.13 bits per heavy atom. The second-order valence-corrected chi connectivity index (χ2v) is 11.7. The number of hydrogen-bond donors (Lipinski definition) is 3. The second-order valence-electron chi connectivity index (χ2n) is 10.2.